The van der Waals surface area contributed by atoms with Crippen LogP contribution < -0.4 is 10.5 Å². The molecule has 0 saturated carbocycles. The summed E-state index contributed by atoms with van der Waals surface area (Å²) in [5.74, 6) is -0.693. The van der Waals surface area contributed by atoms with Crippen LogP contribution >= 0.6 is 0 Å². The molecule has 5 nitrogen and oxygen atoms in total. The van der Waals surface area contributed by atoms with Gasteiger partial charge in [0.15, 0.2) is 0 Å². The van der Waals surface area contributed by atoms with Crippen molar-refractivity contribution in [2.75, 3.05) is 6.54 Å². The third kappa shape index (κ3) is 5.04. The van der Waals surface area contributed by atoms with Crippen molar-refractivity contribution in [3.8, 4) is 0 Å². The van der Waals surface area contributed by atoms with Gasteiger partial charge in [-0.3, -0.25) is 4.79 Å². The zero-order valence-electron chi connectivity index (χ0n) is 13.4. The number of carbonyl (C=O) groups is 1. The van der Waals surface area contributed by atoms with Gasteiger partial charge in [0.1, 0.15) is 0 Å². The molecule has 0 unspecified atom stereocenters. The molecule has 0 spiro atoms. The lowest BCUT2D eigenvalue weighted by molar-refractivity contribution is -0.114. The predicted molar refractivity (Wildman–Crippen MR) is 94.7 cm³/mol. The monoisotopic (exact) mass is 344 g/mol. The Balaban J connectivity index is 2.04. The van der Waals surface area contributed by atoms with Crippen molar-refractivity contribution in [2.45, 2.75) is 18.2 Å². The number of hydrogen-bond donors (Lipinski definition) is 2. The first kappa shape index (κ1) is 17.9. The number of nitrogens with two attached hydrogens (primary N) is 1. The average Bonchev–Trinajstić information content (AvgIpc) is 2.55. The molecule has 2 aromatic rings. The van der Waals surface area contributed by atoms with Crippen molar-refractivity contribution in [3.63, 3.8) is 0 Å². The van der Waals surface area contributed by atoms with Gasteiger partial charge in [0.2, 0.25) is 0 Å². The SMILES string of the molecule is Cc1ccc(/C=C/C(=O)NS(=O)(=O)c2ccc(CCN)cc2)cc1. The zero-order valence-corrected chi connectivity index (χ0v) is 14.2. The highest BCUT2D eigenvalue weighted by Gasteiger charge is 2.15. The Morgan fingerprint density at radius 3 is 2.29 bits per heavy atom. The van der Waals surface area contributed by atoms with E-state index in [1.54, 1.807) is 18.2 Å². The summed E-state index contributed by atoms with van der Waals surface area (Å²) in [5, 5.41) is 0. The van der Waals surface area contributed by atoms with Crippen LogP contribution in [-0.4, -0.2) is 20.9 Å². The van der Waals surface area contributed by atoms with E-state index >= 15 is 0 Å². The van der Waals surface area contributed by atoms with Crippen LogP contribution in [0.4, 0.5) is 0 Å². The maximum absolute atomic E-state index is 12.2. The van der Waals surface area contributed by atoms with Crippen molar-refractivity contribution in [1.29, 1.82) is 0 Å². The molecule has 0 aromatic heterocycles. The number of carbonyl (C=O) groups excluding carboxylic acids is 1. The topological polar surface area (TPSA) is 89.3 Å². The van der Waals surface area contributed by atoms with Crippen LogP contribution in [0.15, 0.2) is 59.5 Å². The number of aryl methyl sites for hydroxylation is 1. The molecule has 0 saturated heterocycles. The average molecular weight is 344 g/mol. The maximum atomic E-state index is 12.2. The summed E-state index contributed by atoms with van der Waals surface area (Å²) in [6.45, 7) is 2.46. The van der Waals surface area contributed by atoms with Gasteiger partial charge in [0.25, 0.3) is 15.9 Å². The van der Waals surface area contributed by atoms with Crippen molar-refractivity contribution >= 4 is 22.0 Å². The van der Waals surface area contributed by atoms with Gasteiger partial charge in [0, 0.05) is 6.08 Å². The van der Waals surface area contributed by atoms with E-state index in [2.05, 4.69) is 0 Å². The van der Waals surface area contributed by atoms with Gasteiger partial charge in [-0.15, -0.1) is 0 Å². The molecular formula is C18H20N2O3S. The Bertz CT molecular complexity index is 824. The van der Waals surface area contributed by atoms with Crippen LogP contribution in [0.1, 0.15) is 16.7 Å². The molecule has 2 rings (SSSR count). The summed E-state index contributed by atoms with van der Waals surface area (Å²) in [7, 11) is -3.88. The summed E-state index contributed by atoms with van der Waals surface area (Å²) in [6.07, 6.45) is 3.44. The van der Waals surface area contributed by atoms with E-state index in [0.29, 0.717) is 13.0 Å². The number of benzene rings is 2. The third-order valence-electron chi connectivity index (χ3n) is 3.41. The lowest BCUT2D eigenvalue weighted by Gasteiger charge is -2.06. The third-order valence-corrected chi connectivity index (χ3v) is 4.77. The summed E-state index contributed by atoms with van der Waals surface area (Å²) < 4.78 is 26.4. The van der Waals surface area contributed by atoms with E-state index in [1.165, 1.54) is 18.2 Å². The Hall–Kier alpha value is -2.44. The molecule has 0 fully saturated rings. The van der Waals surface area contributed by atoms with Crippen molar-refractivity contribution in [1.82, 2.24) is 4.72 Å². The van der Waals surface area contributed by atoms with E-state index < -0.39 is 15.9 Å². The number of rotatable bonds is 6. The van der Waals surface area contributed by atoms with Gasteiger partial charge in [-0.25, -0.2) is 13.1 Å². The van der Waals surface area contributed by atoms with Gasteiger partial charge in [-0.2, -0.15) is 0 Å². The minimum atomic E-state index is -3.88. The number of amides is 1. The molecular weight excluding hydrogens is 324 g/mol. The van der Waals surface area contributed by atoms with Crippen molar-refractivity contribution < 1.29 is 13.2 Å². The largest absolute Gasteiger partial charge is 0.330 e. The first-order chi connectivity index (χ1) is 11.4. The van der Waals surface area contributed by atoms with E-state index in [0.717, 1.165) is 16.7 Å². The second kappa shape index (κ2) is 7.90. The lowest BCUT2D eigenvalue weighted by Crippen LogP contribution is -2.28. The summed E-state index contributed by atoms with van der Waals surface area (Å²) in [5.41, 5.74) is 8.33. The van der Waals surface area contributed by atoms with Crippen molar-refractivity contribution in [3.05, 3.63) is 71.3 Å². The molecule has 0 atom stereocenters. The number of sulfonamides is 1. The van der Waals surface area contributed by atoms with Crippen molar-refractivity contribution in [2.24, 2.45) is 5.73 Å². The Morgan fingerprint density at radius 2 is 1.71 bits per heavy atom. The molecule has 0 bridgehead atoms. The fourth-order valence-corrected chi connectivity index (χ4v) is 3.02. The molecule has 24 heavy (non-hydrogen) atoms. The Labute approximate surface area is 142 Å². The van der Waals surface area contributed by atoms with Gasteiger partial charge in [-0.1, -0.05) is 42.0 Å². The maximum Gasteiger partial charge on any atom is 0.264 e. The molecule has 0 aliphatic carbocycles. The standard InChI is InChI=1S/C18H20N2O3S/c1-14-2-4-15(5-3-14)8-11-18(21)20-24(22,23)17-9-6-16(7-10-17)12-13-19/h2-11H,12-13,19H2,1H3,(H,20,21)/b11-8+. The van der Waals surface area contributed by atoms with E-state index in [4.69, 9.17) is 5.73 Å². The second-order valence-electron chi connectivity index (χ2n) is 5.40. The summed E-state index contributed by atoms with van der Waals surface area (Å²) in [4.78, 5) is 11.9. The van der Waals surface area contributed by atoms with Gasteiger partial charge >= 0.3 is 0 Å². The molecule has 6 heteroatoms. The normalized spacial score (nSPS) is 11.6. The fourth-order valence-electron chi connectivity index (χ4n) is 2.08. The highest BCUT2D eigenvalue weighted by molar-refractivity contribution is 7.90. The fraction of sp³-hybridized carbons (Fsp3) is 0.167. The first-order valence-electron chi connectivity index (χ1n) is 7.51. The molecule has 2 aromatic carbocycles. The smallest absolute Gasteiger partial charge is 0.264 e. The van der Waals surface area contributed by atoms with Crippen LogP contribution in [0.5, 0.6) is 0 Å². The Kier molecular flexibility index (Phi) is 5.89. The van der Waals surface area contributed by atoms with E-state index in [-0.39, 0.29) is 4.90 Å². The second-order valence-corrected chi connectivity index (χ2v) is 7.08. The summed E-state index contributed by atoms with van der Waals surface area (Å²) >= 11 is 0. The van der Waals surface area contributed by atoms with E-state index in [9.17, 15) is 13.2 Å². The number of hydrogen-bond acceptors (Lipinski definition) is 4. The molecule has 3 N–H and O–H groups in total. The molecule has 0 radical (unpaired) electrons. The van der Waals surface area contributed by atoms with Crippen LogP contribution in [-0.2, 0) is 21.2 Å². The zero-order chi connectivity index (χ0) is 17.6. The molecule has 126 valence electrons. The van der Waals surface area contributed by atoms with Gasteiger partial charge in [0.05, 0.1) is 4.90 Å². The van der Waals surface area contributed by atoms with Crippen LogP contribution in [0.2, 0.25) is 0 Å². The Morgan fingerprint density at radius 1 is 1.08 bits per heavy atom. The number of nitrogens with one attached hydrogen (secondary N) is 1. The highest BCUT2D eigenvalue weighted by atomic mass is 32.2. The lowest BCUT2D eigenvalue weighted by atomic mass is 10.1. The van der Waals surface area contributed by atoms with Crippen LogP contribution in [0.3, 0.4) is 0 Å². The van der Waals surface area contributed by atoms with Gasteiger partial charge in [-0.05, 0) is 49.2 Å². The minimum Gasteiger partial charge on any atom is -0.330 e. The molecule has 0 aliphatic rings. The minimum absolute atomic E-state index is 0.0420. The van der Waals surface area contributed by atoms with E-state index in [1.807, 2.05) is 35.9 Å². The molecule has 0 heterocycles. The van der Waals surface area contributed by atoms with Gasteiger partial charge < -0.3 is 5.73 Å². The summed E-state index contributed by atoms with van der Waals surface area (Å²) in [6, 6.07) is 13.8. The molecule has 1 amide bonds. The quantitative estimate of drug-likeness (QED) is 0.785. The molecule has 0 aliphatic heterocycles. The van der Waals surface area contributed by atoms with Crippen LogP contribution in [0.25, 0.3) is 6.08 Å². The van der Waals surface area contributed by atoms with Crippen LogP contribution in [0, 0.1) is 6.92 Å². The first-order valence-corrected chi connectivity index (χ1v) is 8.99. The highest BCUT2D eigenvalue weighted by Crippen LogP contribution is 2.11. The predicted octanol–water partition coefficient (Wildman–Crippen LogP) is 2.01.